The molecule has 0 aliphatic rings. The molecular weight excluding hydrogens is 253 g/mol. The van der Waals surface area contributed by atoms with Gasteiger partial charge in [-0.2, -0.15) is 0 Å². The maximum Gasteiger partial charge on any atom is 0.212 e. The van der Waals surface area contributed by atoms with Crippen LogP contribution in [-0.4, -0.2) is 10.8 Å². The molecule has 3 heteroatoms. The minimum Gasteiger partial charge on any atom is -0.287 e. The Labute approximate surface area is 115 Å². The zero-order valence-corrected chi connectivity index (χ0v) is 10.9. The van der Waals surface area contributed by atoms with Crippen molar-refractivity contribution in [2.75, 3.05) is 0 Å². The van der Waals surface area contributed by atoms with Gasteiger partial charge in [0.1, 0.15) is 11.5 Å². The first-order valence-electron chi connectivity index (χ1n) is 6.31. The van der Waals surface area contributed by atoms with E-state index in [1.807, 2.05) is 30.3 Å². The summed E-state index contributed by atoms with van der Waals surface area (Å²) in [5.41, 5.74) is 1.46. The normalized spacial score (nSPS) is 10.7. The predicted octanol–water partition coefficient (Wildman–Crippen LogP) is 3.91. The van der Waals surface area contributed by atoms with Crippen molar-refractivity contribution in [3.8, 4) is 0 Å². The van der Waals surface area contributed by atoms with E-state index in [1.165, 1.54) is 12.1 Å². The van der Waals surface area contributed by atoms with Crippen molar-refractivity contribution in [2.24, 2.45) is 0 Å². The van der Waals surface area contributed by atoms with Crippen molar-refractivity contribution >= 4 is 16.6 Å². The lowest BCUT2D eigenvalue weighted by atomic mass is 9.99. The number of rotatable bonds is 2. The lowest BCUT2D eigenvalue weighted by molar-refractivity contribution is 0.103. The fraction of sp³-hybridized carbons (Fsp3) is 0.0588. The monoisotopic (exact) mass is 265 g/mol. The second kappa shape index (κ2) is 4.85. The molecule has 0 bridgehead atoms. The molecule has 0 fully saturated rings. The van der Waals surface area contributed by atoms with Crippen molar-refractivity contribution in [1.82, 2.24) is 4.98 Å². The Hall–Kier alpha value is -2.55. The fourth-order valence-electron chi connectivity index (χ4n) is 2.27. The third-order valence-corrected chi connectivity index (χ3v) is 3.33. The first-order valence-corrected chi connectivity index (χ1v) is 6.31. The molecule has 2 aromatic carbocycles. The van der Waals surface area contributed by atoms with Crippen molar-refractivity contribution in [3.05, 3.63) is 77.4 Å². The highest BCUT2D eigenvalue weighted by molar-refractivity contribution is 6.15. The number of carbonyl (C=O) groups excluding carboxylic acids is 1. The van der Waals surface area contributed by atoms with Gasteiger partial charge < -0.3 is 0 Å². The number of ketones is 1. The van der Waals surface area contributed by atoms with E-state index < -0.39 is 5.82 Å². The molecule has 3 aromatic rings. The van der Waals surface area contributed by atoms with Crippen molar-refractivity contribution in [1.29, 1.82) is 0 Å². The minimum atomic E-state index is -0.417. The van der Waals surface area contributed by atoms with E-state index in [-0.39, 0.29) is 5.78 Å². The van der Waals surface area contributed by atoms with Crippen LogP contribution in [0, 0.1) is 12.7 Å². The molecule has 3 rings (SSSR count). The van der Waals surface area contributed by atoms with Crippen LogP contribution >= 0.6 is 0 Å². The third kappa shape index (κ3) is 2.07. The van der Waals surface area contributed by atoms with Crippen LogP contribution in [0.4, 0.5) is 4.39 Å². The summed E-state index contributed by atoms with van der Waals surface area (Å²) >= 11 is 0. The zero-order chi connectivity index (χ0) is 14.1. The van der Waals surface area contributed by atoms with Crippen LogP contribution in [0.1, 0.15) is 21.6 Å². The highest BCUT2D eigenvalue weighted by Gasteiger charge is 2.16. The topological polar surface area (TPSA) is 30.0 Å². The fourth-order valence-corrected chi connectivity index (χ4v) is 2.27. The molecule has 0 radical (unpaired) electrons. The number of fused-ring (bicyclic) bond motifs is 1. The van der Waals surface area contributed by atoms with Gasteiger partial charge in [0.25, 0.3) is 0 Å². The summed E-state index contributed by atoms with van der Waals surface area (Å²) in [7, 11) is 0. The van der Waals surface area contributed by atoms with Gasteiger partial charge in [-0.25, -0.2) is 4.39 Å². The second-order valence-corrected chi connectivity index (χ2v) is 4.67. The van der Waals surface area contributed by atoms with Crippen LogP contribution in [0.25, 0.3) is 10.8 Å². The van der Waals surface area contributed by atoms with E-state index in [2.05, 4.69) is 4.98 Å². The minimum absolute atomic E-state index is 0.251. The number of hydrogen-bond acceptors (Lipinski definition) is 2. The van der Waals surface area contributed by atoms with E-state index in [0.29, 0.717) is 11.3 Å². The average Bonchev–Trinajstić information content (AvgIpc) is 2.48. The summed E-state index contributed by atoms with van der Waals surface area (Å²) in [6, 6.07) is 13.6. The lowest BCUT2D eigenvalue weighted by Gasteiger charge is -2.07. The molecule has 20 heavy (non-hydrogen) atoms. The van der Waals surface area contributed by atoms with E-state index in [0.717, 1.165) is 16.3 Å². The van der Waals surface area contributed by atoms with Crippen LogP contribution < -0.4 is 0 Å². The molecule has 0 saturated heterocycles. The standard InChI is InChI=1S/C17H12FNO/c1-11-6-7-13(18)10-15(11)17(20)16-14-5-3-2-4-12(14)8-9-19-16/h2-10H,1H3. The van der Waals surface area contributed by atoms with Crippen molar-refractivity contribution in [2.45, 2.75) is 6.92 Å². The molecule has 0 atom stereocenters. The first kappa shape index (κ1) is 12.5. The van der Waals surface area contributed by atoms with Gasteiger partial charge in [-0.05, 0) is 36.1 Å². The summed E-state index contributed by atoms with van der Waals surface area (Å²) in [6.45, 7) is 1.79. The van der Waals surface area contributed by atoms with Gasteiger partial charge in [-0.1, -0.05) is 30.3 Å². The summed E-state index contributed by atoms with van der Waals surface area (Å²) in [5, 5.41) is 1.73. The summed E-state index contributed by atoms with van der Waals surface area (Å²) in [5.74, 6) is -0.669. The summed E-state index contributed by atoms with van der Waals surface area (Å²) in [4.78, 5) is 16.8. The number of pyridine rings is 1. The zero-order valence-electron chi connectivity index (χ0n) is 10.9. The SMILES string of the molecule is Cc1ccc(F)cc1C(=O)c1nccc2ccccc12. The number of aromatic nitrogens is 1. The van der Waals surface area contributed by atoms with Crippen LogP contribution in [-0.2, 0) is 0 Å². The molecule has 0 aliphatic carbocycles. The maximum atomic E-state index is 13.4. The molecule has 0 N–H and O–H groups in total. The highest BCUT2D eigenvalue weighted by atomic mass is 19.1. The summed E-state index contributed by atoms with van der Waals surface area (Å²) in [6.07, 6.45) is 1.60. The van der Waals surface area contributed by atoms with Crippen LogP contribution in [0.3, 0.4) is 0 Å². The molecule has 1 heterocycles. The van der Waals surface area contributed by atoms with Gasteiger partial charge in [0, 0.05) is 17.1 Å². The Kier molecular flexibility index (Phi) is 3.03. The number of nitrogens with zero attached hydrogens (tertiary/aromatic N) is 1. The molecule has 1 aromatic heterocycles. The molecule has 0 unspecified atom stereocenters. The number of aryl methyl sites for hydroxylation is 1. The predicted molar refractivity (Wildman–Crippen MR) is 76.3 cm³/mol. The molecule has 0 aliphatic heterocycles. The third-order valence-electron chi connectivity index (χ3n) is 3.33. The summed E-state index contributed by atoms with van der Waals surface area (Å²) < 4.78 is 13.4. The van der Waals surface area contributed by atoms with Gasteiger partial charge in [0.15, 0.2) is 0 Å². The maximum absolute atomic E-state index is 13.4. The quantitative estimate of drug-likeness (QED) is 0.657. The van der Waals surface area contributed by atoms with E-state index in [1.54, 1.807) is 19.2 Å². The Balaban J connectivity index is 2.20. The number of halogens is 1. The second-order valence-electron chi connectivity index (χ2n) is 4.67. The molecule has 98 valence electrons. The lowest BCUT2D eigenvalue weighted by Crippen LogP contribution is -2.07. The van der Waals surface area contributed by atoms with Crippen molar-refractivity contribution in [3.63, 3.8) is 0 Å². The Morgan fingerprint density at radius 3 is 2.75 bits per heavy atom. The Morgan fingerprint density at radius 1 is 1.10 bits per heavy atom. The van der Waals surface area contributed by atoms with E-state index in [4.69, 9.17) is 0 Å². The number of carbonyl (C=O) groups is 1. The largest absolute Gasteiger partial charge is 0.287 e. The Morgan fingerprint density at radius 2 is 1.90 bits per heavy atom. The first-order chi connectivity index (χ1) is 9.66. The molecular formula is C17H12FNO. The van der Waals surface area contributed by atoms with E-state index in [9.17, 15) is 9.18 Å². The van der Waals surface area contributed by atoms with Gasteiger partial charge in [0.2, 0.25) is 5.78 Å². The van der Waals surface area contributed by atoms with Crippen molar-refractivity contribution < 1.29 is 9.18 Å². The Bertz CT molecular complexity index is 806. The average molecular weight is 265 g/mol. The van der Waals surface area contributed by atoms with Crippen LogP contribution in [0.2, 0.25) is 0 Å². The van der Waals surface area contributed by atoms with Gasteiger partial charge in [-0.3, -0.25) is 9.78 Å². The number of hydrogen-bond donors (Lipinski definition) is 0. The highest BCUT2D eigenvalue weighted by Crippen LogP contribution is 2.21. The van der Waals surface area contributed by atoms with Gasteiger partial charge >= 0.3 is 0 Å². The number of benzene rings is 2. The van der Waals surface area contributed by atoms with E-state index >= 15 is 0 Å². The molecule has 0 spiro atoms. The molecule has 0 saturated carbocycles. The molecule has 0 amide bonds. The molecule has 2 nitrogen and oxygen atoms in total. The van der Waals surface area contributed by atoms with Crippen LogP contribution in [0.15, 0.2) is 54.7 Å². The van der Waals surface area contributed by atoms with Gasteiger partial charge in [-0.15, -0.1) is 0 Å². The van der Waals surface area contributed by atoms with Gasteiger partial charge in [0.05, 0.1) is 0 Å². The smallest absolute Gasteiger partial charge is 0.212 e. The van der Waals surface area contributed by atoms with Crippen LogP contribution in [0.5, 0.6) is 0 Å².